The van der Waals surface area contributed by atoms with Crippen molar-refractivity contribution in [2.45, 2.75) is 38.6 Å². The second kappa shape index (κ2) is 6.12. The van der Waals surface area contributed by atoms with Crippen molar-refractivity contribution in [2.24, 2.45) is 23.7 Å². The first-order chi connectivity index (χ1) is 12.7. The van der Waals surface area contributed by atoms with Gasteiger partial charge in [-0.1, -0.05) is 25.1 Å². The zero-order valence-corrected chi connectivity index (χ0v) is 15.7. The molecule has 2 fully saturated rings. The molecule has 2 aromatic rings. The highest BCUT2D eigenvalue weighted by atomic mass is 16.5. The van der Waals surface area contributed by atoms with Crippen LogP contribution < -0.4 is 0 Å². The lowest BCUT2D eigenvalue weighted by atomic mass is 9.62. The van der Waals surface area contributed by atoms with Gasteiger partial charge in [0.25, 0.3) is 0 Å². The van der Waals surface area contributed by atoms with Gasteiger partial charge in [-0.2, -0.15) is 0 Å². The second-order valence-electron chi connectivity index (χ2n) is 8.59. The van der Waals surface area contributed by atoms with Gasteiger partial charge < -0.3 is 9.72 Å². The fourth-order valence-electron chi connectivity index (χ4n) is 6.11. The zero-order valence-electron chi connectivity index (χ0n) is 15.7. The minimum absolute atomic E-state index is 0.00771. The summed E-state index contributed by atoms with van der Waals surface area (Å²) in [6.45, 7) is 4.50. The second-order valence-corrected chi connectivity index (χ2v) is 8.59. The number of para-hydroxylation sites is 1. The summed E-state index contributed by atoms with van der Waals surface area (Å²) in [4.78, 5) is 18.9. The molecule has 2 aliphatic heterocycles. The number of nitrogens with zero attached hydrogens (tertiary/aromatic N) is 1. The summed E-state index contributed by atoms with van der Waals surface area (Å²) in [7, 11) is 1.55. The van der Waals surface area contributed by atoms with Gasteiger partial charge in [0.15, 0.2) is 0 Å². The van der Waals surface area contributed by atoms with E-state index in [0.29, 0.717) is 23.8 Å². The van der Waals surface area contributed by atoms with Gasteiger partial charge in [-0.05, 0) is 55.1 Å². The number of aromatic amines is 1. The number of esters is 1. The minimum Gasteiger partial charge on any atom is -0.469 e. The Balaban J connectivity index is 1.52. The molecule has 0 amide bonds. The number of hydrogen-bond donors (Lipinski definition) is 1. The Morgan fingerprint density at radius 1 is 1.27 bits per heavy atom. The fourth-order valence-corrected chi connectivity index (χ4v) is 6.11. The summed E-state index contributed by atoms with van der Waals surface area (Å²) in [6, 6.07) is 9.09. The highest BCUT2D eigenvalue weighted by molar-refractivity contribution is 5.85. The van der Waals surface area contributed by atoms with Crippen LogP contribution in [0.15, 0.2) is 24.3 Å². The molecule has 3 aliphatic rings. The smallest absolute Gasteiger partial charge is 0.309 e. The SMILES string of the molecule is COC(=O)C1[C@H]2C[C@H]3c4[nH]c5ccccc5c4CCN3CC2CC[C@@H]1C. The van der Waals surface area contributed by atoms with E-state index >= 15 is 0 Å². The van der Waals surface area contributed by atoms with E-state index in [0.717, 1.165) is 32.4 Å². The first-order valence-corrected chi connectivity index (χ1v) is 10.1. The van der Waals surface area contributed by atoms with Crippen molar-refractivity contribution < 1.29 is 9.53 Å². The monoisotopic (exact) mass is 352 g/mol. The molecule has 138 valence electrons. The molecule has 1 saturated heterocycles. The van der Waals surface area contributed by atoms with Crippen LogP contribution in [0.5, 0.6) is 0 Å². The first-order valence-electron chi connectivity index (χ1n) is 10.1. The van der Waals surface area contributed by atoms with Crippen molar-refractivity contribution in [2.75, 3.05) is 20.2 Å². The molecule has 1 aromatic carbocycles. The van der Waals surface area contributed by atoms with Crippen LogP contribution in [0.1, 0.15) is 43.5 Å². The largest absolute Gasteiger partial charge is 0.469 e. The highest BCUT2D eigenvalue weighted by Crippen LogP contribution is 2.50. The van der Waals surface area contributed by atoms with Gasteiger partial charge in [-0.25, -0.2) is 0 Å². The summed E-state index contributed by atoms with van der Waals surface area (Å²) in [6.07, 6.45) is 4.61. The quantitative estimate of drug-likeness (QED) is 0.791. The number of H-pyrrole nitrogens is 1. The maximum atomic E-state index is 12.5. The minimum atomic E-state index is 0.00771. The maximum absolute atomic E-state index is 12.5. The Morgan fingerprint density at radius 3 is 2.96 bits per heavy atom. The van der Waals surface area contributed by atoms with Crippen molar-refractivity contribution >= 4 is 16.9 Å². The summed E-state index contributed by atoms with van der Waals surface area (Å²) < 4.78 is 5.20. The molecule has 0 radical (unpaired) electrons. The van der Waals surface area contributed by atoms with E-state index in [4.69, 9.17) is 4.74 Å². The van der Waals surface area contributed by atoms with Gasteiger partial charge in [-0.15, -0.1) is 0 Å². The van der Waals surface area contributed by atoms with Crippen LogP contribution in [-0.4, -0.2) is 36.1 Å². The Kier molecular flexibility index (Phi) is 3.85. The molecule has 2 unspecified atom stereocenters. The summed E-state index contributed by atoms with van der Waals surface area (Å²) >= 11 is 0. The van der Waals surface area contributed by atoms with Crippen LogP contribution in [0, 0.1) is 23.7 Å². The van der Waals surface area contributed by atoms with Crippen molar-refractivity contribution in [1.29, 1.82) is 0 Å². The van der Waals surface area contributed by atoms with Gasteiger partial charge in [0.2, 0.25) is 0 Å². The molecule has 1 aromatic heterocycles. The zero-order chi connectivity index (χ0) is 17.8. The van der Waals surface area contributed by atoms with Gasteiger partial charge in [0.05, 0.1) is 19.1 Å². The van der Waals surface area contributed by atoms with Crippen molar-refractivity contribution in [3.8, 4) is 0 Å². The average Bonchev–Trinajstić information content (AvgIpc) is 3.05. The third-order valence-corrected chi connectivity index (χ3v) is 7.38. The number of rotatable bonds is 1. The van der Waals surface area contributed by atoms with E-state index in [-0.39, 0.29) is 11.9 Å². The highest BCUT2D eigenvalue weighted by Gasteiger charge is 2.48. The van der Waals surface area contributed by atoms with E-state index in [1.807, 2.05) is 0 Å². The van der Waals surface area contributed by atoms with Crippen molar-refractivity contribution in [3.63, 3.8) is 0 Å². The average molecular weight is 352 g/mol. The molecule has 1 saturated carbocycles. The van der Waals surface area contributed by atoms with Crippen LogP contribution in [0.3, 0.4) is 0 Å². The van der Waals surface area contributed by atoms with Gasteiger partial charge in [0, 0.05) is 29.7 Å². The molecule has 0 bridgehead atoms. The van der Waals surface area contributed by atoms with Crippen LogP contribution >= 0.6 is 0 Å². The standard InChI is InChI=1S/C22H28N2O2/c1-13-7-8-14-12-24-10-9-16-15-5-3-4-6-18(15)23-21(16)19(24)11-17(14)20(13)22(25)26-2/h3-6,13-14,17,19-20,23H,7-12H2,1-2H3/t13-,14?,17-,19-,20?/m0/s1. The molecule has 4 nitrogen and oxygen atoms in total. The molecule has 1 aliphatic carbocycles. The predicted molar refractivity (Wildman–Crippen MR) is 102 cm³/mol. The number of aromatic nitrogens is 1. The normalized spacial score (nSPS) is 34.0. The Hall–Kier alpha value is -1.81. The number of benzene rings is 1. The third kappa shape index (κ3) is 2.34. The molecule has 5 rings (SSSR count). The molecule has 3 heterocycles. The third-order valence-electron chi connectivity index (χ3n) is 7.38. The lowest BCUT2D eigenvalue weighted by molar-refractivity contribution is -0.155. The maximum Gasteiger partial charge on any atom is 0.309 e. The number of carbonyl (C=O) groups is 1. The number of carbonyl (C=O) groups excluding carboxylic acids is 1. The summed E-state index contributed by atoms with van der Waals surface area (Å²) in [5.74, 6) is 1.59. The number of fused-ring (bicyclic) bond motifs is 6. The molecular formula is C22H28N2O2. The topological polar surface area (TPSA) is 45.3 Å². The number of methoxy groups -OCH3 is 1. The lowest BCUT2D eigenvalue weighted by Crippen LogP contribution is -2.51. The van der Waals surface area contributed by atoms with Crippen molar-refractivity contribution in [3.05, 3.63) is 35.5 Å². The van der Waals surface area contributed by atoms with E-state index in [1.54, 1.807) is 7.11 Å². The van der Waals surface area contributed by atoms with E-state index in [9.17, 15) is 4.79 Å². The fraction of sp³-hybridized carbons (Fsp3) is 0.591. The first kappa shape index (κ1) is 16.4. The summed E-state index contributed by atoms with van der Waals surface area (Å²) in [5, 5.41) is 1.38. The molecular weight excluding hydrogens is 324 g/mol. The number of nitrogens with one attached hydrogen (secondary N) is 1. The lowest BCUT2D eigenvalue weighted by Gasteiger charge is -2.51. The van der Waals surface area contributed by atoms with E-state index in [1.165, 1.54) is 28.6 Å². The van der Waals surface area contributed by atoms with Crippen LogP contribution in [-0.2, 0) is 16.0 Å². The molecule has 4 heteroatoms. The summed E-state index contributed by atoms with van der Waals surface area (Å²) in [5.41, 5.74) is 4.15. The van der Waals surface area contributed by atoms with Crippen LogP contribution in [0.25, 0.3) is 10.9 Å². The molecule has 26 heavy (non-hydrogen) atoms. The van der Waals surface area contributed by atoms with Crippen molar-refractivity contribution in [1.82, 2.24) is 9.88 Å². The predicted octanol–water partition coefficient (Wildman–Crippen LogP) is 3.92. The Bertz CT molecular complexity index is 842. The molecule has 5 atom stereocenters. The van der Waals surface area contributed by atoms with Gasteiger partial charge in [0.1, 0.15) is 0 Å². The molecule has 1 N–H and O–H groups in total. The van der Waals surface area contributed by atoms with Gasteiger partial charge in [-0.3, -0.25) is 9.69 Å². The Morgan fingerprint density at radius 2 is 2.12 bits per heavy atom. The number of piperidine rings is 1. The Labute approximate surface area is 154 Å². The van der Waals surface area contributed by atoms with E-state index < -0.39 is 0 Å². The molecule has 0 spiro atoms. The van der Waals surface area contributed by atoms with E-state index in [2.05, 4.69) is 41.1 Å². The number of ether oxygens (including phenoxy) is 1. The van der Waals surface area contributed by atoms with Gasteiger partial charge >= 0.3 is 5.97 Å². The number of hydrogen-bond acceptors (Lipinski definition) is 3. The van der Waals surface area contributed by atoms with Crippen LogP contribution in [0.4, 0.5) is 0 Å². The van der Waals surface area contributed by atoms with Crippen LogP contribution in [0.2, 0.25) is 0 Å².